The predicted octanol–water partition coefficient (Wildman–Crippen LogP) is 1.81. The van der Waals surface area contributed by atoms with Crippen LogP contribution < -0.4 is 5.73 Å². The van der Waals surface area contributed by atoms with Crippen LogP contribution in [0.3, 0.4) is 0 Å². The number of carbonyl (C=O) groups is 1. The van der Waals surface area contributed by atoms with Crippen LogP contribution in [0.2, 0.25) is 0 Å². The molecule has 20 heavy (non-hydrogen) atoms. The van der Waals surface area contributed by atoms with E-state index < -0.39 is 0 Å². The van der Waals surface area contributed by atoms with Crippen molar-refractivity contribution in [3.8, 4) is 6.07 Å². The van der Waals surface area contributed by atoms with Crippen molar-refractivity contribution in [3.63, 3.8) is 0 Å². The van der Waals surface area contributed by atoms with Crippen molar-refractivity contribution in [2.45, 2.75) is 6.54 Å². The van der Waals surface area contributed by atoms with Crippen LogP contribution in [-0.2, 0) is 6.54 Å². The van der Waals surface area contributed by atoms with Gasteiger partial charge in [0.1, 0.15) is 0 Å². The maximum atomic E-state index is 12.2. The van der Waals surface area contributed by atoms with Gasteiger partial charge in [-0.1, -0.05) is 12.1 Å². The number of nitrogens with zero attached hydrogens (tertiary/aromatic N) is 3. The van der Waals surface area contributed by atoms with Gasteiger partial charge in [-0.15, -0.1) is 0 Å². The molecule has 0 unspecified atom stereocenters. The molecule has 0 fully saturated rings. The number of benzene rings is 1. The molecular formula is C15H14N4O. The van der Waals surface area contributed by atoms with Gasteiger partial charge in [0.15, 0.2) is 5.69 Å². The molecule has 0 bridgehead atoms. The minimum Gasteiger partial charge on any atom is -0.397 e. The molecule has 1 amide bonds. The number of hydrogen-bond donors (Lipinski definition) is 1. The summed E-state index contributed by atoms with van der Waals surface area (Å²) >= 11 is 0. The largest absolute Gasteiger partial charge is 0.397 e. The number of anilines is 1. The van der Waals surface area contributed by atoms with E-state index in [1.807, 2.05) is 12.1 Å². The van der Waals surface area contributed by atoms with Gasteiger partial charge >= 0.3 is 0 Å². The van der Waals surface area contributed by atoms with E-state index in [0.29, 0.717) is 17.8 Å². The average molecular weight is 266 g/mol. The number of nitrogens with two attached hydrogens (primary N) is 1. The van der Waals surface area contributed by atoms with Crippen LogP contribution in [0, 0.1) is 11.3 Å². The quantitative estimate of drug-likeness (QED) is 0.918. The van der Waals surface area contributed by atoms with Gasteiger partial charge in [0.05, 0.1) is 17.3 Å². The Morgan fingerprint density at radius 2 is 2.05 bits per heavy atom. The Morgan fingerprint density at radius 1 is 1.35 bits per heavy atom. The molecule has 100 valence electrons. The summed E-state index contributed by atoms with van der Waals surface area (Å²) < 4.78 is 0. The first kappa shape index (κ1) is 13.6. The van der Waals surface area contributed by atoms with Gasteiger partial charge in [0, 0.05) is 19.8 Å². The van der Waals surface area contributed by atoms with Crippen molar-refractivity contribution >= 4 is 11.6 Å². The molecule has 0 aliphatic heterocycles. The Bertz CT molecular complexity index is 658. The van der Waals surface area contributed by atoms with Crippen LogP contribution >= 0.6 is 0 Å². The first-order valence-corrected chi connectivity index (χ1v) is 6.07. The topological polar surface area (TPSA) is 83.0 Å². The standard InChI is InChI=1S/C15H14N4O/c1-19(10-12-6-4-11(9-16)5-7-12)15(20)14-13(17)3-2-8-18-14/h2-8H,10,17H2,1H3. The SMILES string of the molecule is CN(Cc1ccc(C#N)cc1)C(=O)c1ncccc1N. The third-order valence-corrected chi connectivity index (χ3v) is 2.89. The Balaban J connectivity index is 2.11. The molecule has 2 N–H and O–H groups in total. The number of aromatic nitrogens is 1. The zero-order valence-corrected chi connectivity index (χ0v) is 11.1. The van der Waals surface area contributed by atoms with Gasteiger partial charge in [-0.2, -0.15) is 5.26 Å². The minimum absolute atomic E-state index is 0.229. The fraction of sp³-hybridized carbons (Fsp3) is 0.133. The predicted molar refractivity (Wildman–Crippen MR) is 75.6 cm³/mol. The number of carbonyl (C=O) groups excluding carboxylic acids is 1. The van der Waals surface area contributed by atoms with E-state index in [1.165, 1.54) is 0 Å². The molecule has 1 aromatic carbocycles. The molecule has 0 radical (unpaired) electrons. The molecule has 0 aliphatic carbocycles. The first-order valence-electron chi connectivity index (χ1n) is 6.07. The number of nitriles is 1. The highest BCUT2D eigenvalue weighted by molar-refractivity contribution is 5.96. The number of nitrogen functional groups attached to an aromatic ring is 1. The molecule has 2 rings (SSSR count). The van der Waals surface area contributed by atoms with Gasteiger partial charge in [0.2, 0.25) is 0 Å². The molecular weight excluding hydrogens is 252 g/mol. The Hall–Kier alpha value is -2.87. The Morgan fingerprint density at radius 3 is 2.65 bits per heavy atom. The summed E-state index contributed by atoms with van der Waals surface area (Å²) in [5, 5.41) is 8.74. The smallest absolute Gasteiger partial charge is 0.274 e. The second-order valence-electron chi connectivity index (χ2n) is 4.41. The normalized spacial score (nSPS) is 9.80. The van der Waals surface area contributed by atoms with Crippen molar-refractivity contribution in [3.05, 3.63) is 59.4 Å². The monoisotopic (exact) mass is 266 g/mol. The molecule has 1 heterocycles. The molecule has 0 spiro atoms. The maximum absolute atomic E-state index is 12.2. The Kier molecular flexibility index (Phi) is 3.96. The molecule has 0 atom stereocenters. The minimum atomic E-state index is -0.229. The summed E-state index contributed by atoms with van der Waals surface area (Å²) in [5.74, 6) is -0.229. The van der Waals surface area contributed by atoms with Crippen molar-refractivity contribution in [1.29, 1.82) is 5.26 Å². The highest BCUT2D eigenvalue weighted by Crippen LogP contribution is 2.12. The molecule has 0 saturated carbocycles. The van der Waals surface area contributed by atoms with Crippen LogP contribution in [0.25, 0.3) is 0 Å². The van der Waals surface area contributed by atoms with Crippen LogP contribution in [0.5, 0.6) is 0 Å². The average Bonchev–Trinajstić information content (AvgIpc) is 2.48. The molecule has 1 aromatic heterocycles. The summed E-state index contributed by atoms with van der Waals surface area (Å²) in [4.78, 5) is 17.8. The zero-order chi connectivity index (χ0) is 14.5. The second-order valence-corrected chi connectivity index (χ2v) is 4.41. The van der Waals surface area contributed by atoms with E-state index in [9.17, 15) is 4.79 Å². The van der Waals surface area contributed by atoms with Gasteiger partial charge in [-0.3, -0.25) is 4.79 Å². The first-order chi connectivity index (χ1) is 9.61. The van der Waals surface area contributed by atoms with E-state index >= 15 is 0 Å². The van der Waals surface area contributed by atoms with Crippen LogP contribution in [0.4, 0.5) is 5.69 Å². The lowest BCUT2D eigenvalue weighted by molar-refractivity contribution is 0.0780. The Labute approximate surface area is 117 Å². The van der Waals surface area contributed by atoms with Crippen LogP contribution in [0.15, 0.2) is 42.6 Å². The van der Waals surface area contributed by atoms with E-state index in [2.05, 4.69) is 11.1 Å². The number of rotatable bonds is 3. The zero-order valence-electron chi connectivity index (χ0n) is 11.1. The van der Waals surface area contributed by atoms with Crippen LogP contribution in [0.1, 0.15) is 21.6 Å². The highest BCUT2D eigenvalue weighted by Gasteiger charge is 2.15. The summed E-state index contributed by atoms with van der Waals surface area (Å²) in [6.07, 6.45) is 1.54. The van der Waals surface area contributed by atoms with Crippen molar-refractivity contribution in [1.82, 2.24) is 9.88 Å². The van der Waals surface area contributed by atoms with Gasteiger partial charge < -0.3 is 10.6 Å². The molecule has 5 nitrogen and oxygen atoms in total. The van der Waals surface area contributed by atoms with Crippen molar-refractivity contribution in [2.75, 3.05) is 12.8 Å². The second kappa shape index (κ2) is 5.85. The molecule has 0 aliphatic rings. The molecule has 5 heteroatoms. The lowest BCUT2D eigenvalue weighted by atomic mass is 10.1. The van der Waals surface area contributed by atoms with E-state index in [-0.39, 0.29) is 11.6 Å². The number of pyridine rings is 1. The summed E-state index contributed by atoms with van der Waals surface area (Å²) in [6.45, 7) is 0.431. The van der Waals surface area contributed by atoms with Crippen LogP contribution in [-0.4, -0.2) is 22.8 Å². The van der Waals surface area contributed by atoms with E-state index in [0.717, 1.165) is 5.56 Å². The van der Waals surface area contributed by atoms with Crippen molar-refractivity contribution < 1.29 is 4.79 Å². The third-order valence-electron chi connectivity index (χ3n) is 2.89. The number of hydrogen-bond acceptors (Lipinski definition) is 4. The fourth-order valence-corrected chi connectivity index (χ4v) is 1.81. The maximum Gasteiger partial charge on any atom is 0.274 e. The van der Waals surface area contributed by atoms with Crippen molar-refractivity contribution in [2.24, 2.45) is 0 Å². The lowest BCUT2D eigenvalue weighted by Crippen LogP contribution is -2.27. The number of amides is 1. The summed E-state index contributed by atoms with van der Waals surface area (Å²) in [6, 6.07) is 12.5. The van der Waals surface area contributed by atoms with E-state index in [4.69, 9.17) is 11.0 Å². The summed E-state index contributed by atoms with van der Waals surface area (Å²) in [5.41, 5.74) is 7.90. The molecule has 2 aromatic rings. The van der Waals surface area contributed by atoms with Gasteiger partial charge in [0.25, 0.3) is 5.91 Å². The highest BCUT2D eigenvalue weighted by atomic mass is 16.2. The fourth-order valence-electron chi connectivity index (χ4n) is 1.81. The molecule has 0 saturated heterocycles. The van der Waals surface area contributed by atoms with E-state index in [1.54, 1.807) is 42.4 Å². The third kappa shape index (κ3) is 2.93. The van der Waals surface area contributed by atoms with Gasteiger partial charge in [-0.05, 0) is 29.8 Å². The van der Waals surface area contributed by atoms with Gasteiger partial charge in [-0.25, -0.2) is 4.98 Å². The summed E-state index contributed by atoms with van der Waals surface area (Å²) in [7, 11) is 1.69. The lowest BCUT2D eigenvalue weighted by Gasteiger charge is -2.17.